The summed E-state index contributed by atoms with van der Waals surface area (Å²) in [5, 5.41) is 7.50. The number of hydrogen-bond acceptors (Lipinski definition) is 1. The van der Waals surface area contributed by atoms with Crippen molar-refractivity contribution >= 4 is 60.4 Å². The lowest BCUT2D eigenvalue weighted by Crippen LogP contribution is -2.13. The van der Waals surface area contributed by atoms with Crippen molar-refractivity contribution in [2.45, 2.75) is 0 Å². The normalized spacial score (nSPS) is 11.5. The second kappa shape index (κ2) is 9.14. The number of nitrogens with zero attached hydrogens (tertiary/aromatic N) is 2. The molecule has 0 amide bonds. The van der Waals surface area contributed by atoms with Crippen LogP contribution in [0.5, 0.6) is 0 Å². The van der Waals surface area contributed by atoms with Crippen LogP contribution in [0.3, 0.4) is 0 Å². The van der Waals surface area contributed by atoms with Crippen LogP contribution in [0.1, 0.15) is 0 Å². The second-order valence-corrected chi connectivity index (χ2v) is 10.2. The van der Waals surface area contributed by atoms with E-state index < -0.39 is 0 Å². The first-order valence-electron chi connectivity index (χ1n) is 13.7. The molecule has 0 aliphatic carbocycles. The van der Waals surface area contributed by atoms with Gasteiger partial charge in [-0.3, -0.25) is 0 Å². The van der Waals surface area contributed by atoms with E-state index >= 15 is 0 Å². The number of rotatable bonds is 4. The number of aromatic nitrogens is 1. The van der Waals surface area contributed by atoms with Gasteiger partial charge in [0.1, 0.15) is 0 Å². The monoisotopic (exact) mass is 510 g/mol. The number of hydrogen-bond donors (Lipinski definition) is 0. The molecule has 0 N–H and O–H groups in total. The molecule has 0 radical (unpaired) electrons. The average molecular weight is 511 g/mol. The lowest BCUT2D eigenvalue weighted by atomic mass is 9.99. The van der Waals surface area contributed by atoms with Gasteiger partial charge in [-0.2, -0.15) is 0 Å². The van der Waals surface area contributed by atoms with E-state index in [-0.39, 0.29) is 0 Å². The third-order valence-corrected chi connectivity index (χ3v) is 7.95. The smallest absolute Gasteiger partial charge is 0.0702 e. The maximum absolute atomic E-state index is 2.42. The zero-order valence-corrected chi connectivity index (χ0v) is 21.9. The molecule has 1 aromatic heterocycles. The molecule has 188 valence electrons. The van der Waals surface area contributed by atoms with Crippen LogP contribution in [0.4, 0.5) is 17.1 Å². The summed E-state index contributed by atoms with van der Waals surface area (Å²) in [6.07, 6.45) is 0. The molecule has 0 spiro atoms. The van der Waals surface area contributed by atoms with Crippen molar-refractivity contribution in [1.82, 2.24) is 4.57 Å². The van der Waals surface area contributed by atoms with Crippen LogP contribution in [-0.4, -0.2) is 4.57 Å². The Labute approximate surface area is 233 Å². The first-order chi connectivity index (χ1) is 19.9. The molecule has 8 aromatic rings. The van der Waals surface area contributed by atoms with Gasteiger partial charge < -0.3 is 9.47 Å². The van der Waals surface area contributed by atoms with E-state index in [4.69, 9.17) is 0 Å². The highest BCUT2D eigenvalue weighted by molar-refractivity contribution is 6.15. The highest BCUT2D eigenvalue weighted by atomic mass is 15.2. The Morgan fingerprint density at radius 1 is 0.375 bits per heavy atom. The van der Waals surface area contributed by atoms with Crippen LogP contribution in [-0.2, 0) is 0 Å². The van der Waals surface area contributed by atoms with Crippen molar-refractivity contribution in [1.29, 1.82) is 0 Å². The first kappa shape index (κ1) is 22.6. The van der Waals surface area contributed by atoms with Gasteiger partial charge in [0.25, 0.3) is 0 Å². The standard InChI is InChI=1S/C38H26N2/c1-2-15-28(16-3-1)39(38-26-27-14-4-5-17-29(27)30-18-6-7-19-31(30)38)36-24-12-13-25-37(36)40-34-22-10-8-20-32(34)33-21-9-11-23-35(33)40/h1-26H. The molecule has 0 aliphatic rings. The summed E-state index contributed by atoms with van der Waals surface area (Å²) >= 11 is 0. The van der Waals surface area contributed by atoms with Gasteiger partial charge in [0.05, 0.1) is 28.1 Å². The molecule has 0 atom stereocenters. The highest BCUT2D eigenvalue weighted by Crippen LogP contribution is 2.45. The van der Waals surface area contributed by atoms with Crippen molar-refractivity contribution in [3.8, 4) is 5.69 Å². The summed E-state index contributed by atoms with van der Waals surface area (Å²) in [7, 11) is 0. The van der Waals surface area contributed by atoms with Gasteiger partial charge >= 0.3 is 0 Å². The molecule has 0 fully saturated rings. The summed E-state index contributed by atoms with van der Waals surface area (Å²) in [6.45, 7) is 0. The molecule has 2 nitrogen and oxygen atoms in total. The predicted molar refractivity (Wildman–Crippen MR) is 170 cm³/mol. The van der Waals surface area contributed by atoms with Gasteiger partial charge in [0, 0.05) is 21.8 Å². The Morgan fingerprint density at radius 2 is 0.900 bits per heavy atom. The van der Waals surface area contributed by atoms with E-state index in [1.165, 1.54) is 43.4 Å². The summed E-state index contributed by atoms with van der Waals surface area (Å²) in [5.74, 6) is 0. The first-order valence-corrected chi connectivity index (χ1v) is 13.7. The third kappa shape index (κ3) is 3.43. The van der Waals surface area contributed by atoms with Gasteiger partial charge in [-0.05, 0) is 58.6 Å². The third-order valence-electron chi connectivity index (χ3n) is 7.95. The fourth-order valence-electron chi connectivity index (χ4n) is 6.23. The van der Waals surface area contributed by atoms with E-state index in [0.717, 1.165) is 22.7 Å². The Morgan fingerprint density at radius 3 is 1.62 bits per heavy atom. The van der Waals surface area contributed by atoms with E-state index in [9.17, 15) is 0 Å². The van der Waals surface area contributed by atoms with Crippen molar-refractivity contribution in [3.63, 3.8) is 0 Å². The lowest BCUT2D eigenvalue weighted by molar-refractivity contribution is 1.15. The fourth-order valence-corrected chi connectivity index (χ4v) is 6.23. The molecule has 0 aliphatic heterocycles. The van der Waals surface area contributed by atoms with E-state index in [2.05, 4.69) is 167 Å². The van der Waals surface area contributed by atoms with Gasteiger partial charge in [-0.1, -0.05) is 115 Å². The molecule has 40 heavy (non-hydrogen) atoms. The molecule has 0 saturated heterocycles. The molecule has 0 saturated carbocycles. The SMILES string of the molecule is c1ccc(N(c2ccccc2-n2c3ccccc3c3ccccc32)c2cc3ccccc3c3ccccc23)cc1. The summed E-state index contributed by atoms with van der Waals surface area (Å²) < 4.78 is 2.42. The largest absolute Gasteiger partial charge is 0.308 e. The van der Waals surface area contributed by atoms with E-state index in [0.29, 0.717) is 0 Å². The highest BCUT2D eigenvalue weighted by Gasteiger charge is 2.22. The predicted octanol–water partition coefficient (Wildman–Crippen LogP) is 10.6. The molecule has 2 heteroatoms. The Balaban J connectivity index is 1.49. The molecule has 1 heterocycles. The molecule has 0 bridgehead atoms. The Kier molecular flexibility index (Phi) is 5.17. The minimum absolute atomic E-state index is 1.12. The minimum atomic E-state index is 1.12. The average Bonchev–Trinajstić information content (AvgIpc) is 3.36. The maximum atomic E-state index is 2.42. The minimum Gasteiger partial charge on any atom is -0.308 e. The zero-order valence-electron chi connectivity index (χ0n) is 21.9. The van der Waals surface area contributed by atoms with Crippen molar-refractivity contribution in [2.24, 2.45) is 0 Å². The fraction of sp³-hybridized carbons (Fsp3) is 0. The topological polar surface area (TPSA) is 8.17 Å². The van der Waals surface area contributed by atoms with Gasteiger partial charge in [-0.25, -0.2) is 0 Å². The number of benzene rings is 7. The number of anilines is 3. The second-order valence-electron chi connectivity index (χ2n) is 10.2. The molecule has 8 rings (SSSR count). The molecule has 7 aromatic carbocycles. The number of para-hydroxylation sites is 5. The quantitative estimate of drug-likeness (QED) is 0.214. The van der Waals surface area contributed by atoms with Crippen LogP contribution in [0.2, 0.25) is 0 Å². The summed E-state index contributed by atoms with van der Waals surface area (Å²) in [4.78, 5) is 2.42. The maximum Gasteiger partial charge on any atom is 0.0702 e. The molecular formula is C38H26N2. The van der Waals surface area contributed by atoms with E-state index in [1.54, 1.807) is 0 Å². The van der Waals surface area contributed by atoms with Crippen molar-refractivity contribution in [3.05, 3.63) is 158 Å². The number of fused-ring (bicyclic) bond motifs is 6. The van der Waals surface area contributed by atoms with Gasteiger partial charge in [0.2, 0.25) is 0 Å². The van der Waals surface area contributed by atoms with E-state index in [1.807, 2.05) is 0 Å². The van der Waals surface area contributed by atoms with Gasteiger partial charge in [-0.15, -0.1) is 0 Å². The van der Waals surface area contributed by atoms with Gasteiger partial charge in [0.15, 0.2) is 0 Å². The van der Waals surface area contributed by atoms with Crippen molar-refractivity contribution in [2.75, 3.05) is 4.90 Å². The van der Waals surface area contributed by atoms with Crippen LogP contribution >= 0.6 is 0 Å². The molecule has 0 unspecified atom stereocenters. The van der Waals surface area contributed by atoms with Crippen LogP contribution in [0, 0.1) is 0 Å². The molecular weight excluding hydrogens is 484 g/mol. The Hall–Kier alpha value is -5.34. The Bertz CT molecular complexity index is 2120. The zero-order chi connectivity index (χ0) is 26.5. The summed E-state index contributed by atoms with van der Waals surface area (Å²) in [5.41, 5.74) is 6.95. The van der Waals surface area contributed by atoms with Crippen LogP contribution in [0.15, 0.2) is 158 Å². The van der Waals surface area contributed by atoms with Crippen LogP contribution in [0.25, 0.3) is 49.0 Å². The lowest BCUT2D eigenvalue weighted by Gasteiger charge is -2.30. The van der Waals surface area contributed by atoms with Crippen molar-refractivity contribution < 1.29 is 0 Å². The summed E-state index contributed by atoms with van der Waals surface area (Å²) in [6, 6.07) is 56.7. The van der Waals surface area contributed by atoms with Crippen LogP contribution < -0.4 is 4.90 Å².